The number of phenols is 1. The standard InChI is InChI=1S/C17H21N3O/c1-11-16(9-10-18-14-5-6-14)12(2)20-17(19-11)13-3-7-15(21)8-4-13/h3-4,7-8,14,18,21H,5-6,9-10H2,1-2H3. The minimum absolute atomic E-state index is 0.259. The van der Waals surface area contributed by atoms with Gasteiger partial charge in [-0.05, 0) is 69.5 Å². The van der Waals surface area contributed by atoms with Gasteiger partial charge >= 0.3 is 0 Å². The summed E-state index contributed by atoms with van der Waals surface area (Å²) in [7, 11) is 0. The Morgan fingerprint density at radius 3 is 2.29 bits per heavy atom. The van der Waals surface area contributed by atoms with E-state index in [1.165, 1.54) is 18.4 Å². The SMILES string of the molecule is Cc1nc(-c2ccc(O)cc2)nc(C)c1CCNC1CC1. The zero-order valence-corrected chi connectivity index (χ0v) is 12.6. The Labute approximate surface area is 125 Å². The smallest absolute Gasteiger partial charge is 0.159 e. The number of aromatic nitrogens is 2. The quantitative estimate of drug-likeness (QED) is 0.886. The Morgan fingerprint density at radius 2 is 1.71 bits per heavy atom. The molecule has 1 fully saturated rings. The van der Waals surface area contributed by atoms with Crippen molar-refractivity contribution in [3.63, 3.8) is 0 Å². The molecule has 3 rings (SSSR count). The predicted octanol–water partition coefficient (Wildman–Crippen LogP) is 2.76. The van der Waals surface area contributed by atoms with E-state index in [1.807, 2.05) is 26.0 Å². The number of nitrogens with zero attached hydrogens (tertiary/aromatic N) is 2. The molecule has 4 heteroatoms. The number of hydrogen-bond acceptors (Lipinski definition) is 4. The number of aromatic hydroxyl groups is 1. The molecule has 0 unspecified atom stereocenters. The minimum atomic E-state index is 0.259. The molecule has 1 heterocycles. The summed E-state index contributed by atoms with van der Waals surface area (Å²) in [6.45, 7) is 5.09. The topological polar surface area (TPSA) is 58.0 Å². The van der Waals surface area contributed by atoms with Crippen LogP contribution in [0.4, 0.5) is 0 Å². The van der Waals surface area contributed by atoms with Crippen molar-refractivity contribution in [2.75, 3.05) is 6.54 Å². The van der Waals surface area contributed by atoms with Crippen LogP contribution < -0.4 is 5.32 Å². The summed E-state index contributed by atoms with van der Waals surface area (Å²) in [6, 6.07) is 7.76. The Kier molecular flexibility index (Phi) is 3.88. The molecule has 0 spiro atoms. The van der Waals surface area contributed by atoms with E-state index in [2.05, 4.69) is 15.3 Å². The molecule has 0 radical (unpaired) electrons. The summed E-state index contributed by atoms with van der Waals surface area (Å²) in [5, 5.41) is 12.9. The number of nitrogens with one attached hydrogen (secondary N) is 1. The van der Waals surface area contributed by atoms with Crippen LogP contribution in [0.25, 0.3) is 11.4 Å². The van der Waals surface area contributed by atoms with Gasteiger partial charge in [-0.15, -0.1) is 0 Å². The maximum absolute atomic E-state index is 9.36. The number of benzene rings is 1. The van der Waals surface area contributed by atoms with Gasteiger partial charge in [0.25, 0.3) is 0 Å². The van der Waals surface area contributed by atoms with Gasteiger partial charge in [0, 0.05) is 23.0 Å². The number of aryl methyl sites for hydroxylation is 2. The molecule has 1 aliphatic carbocycles. The molecule has 110 valence electrons. The normalized spacial score (nSPS) is 14.4. The van der Waals surface area contributed by atoms with Gasteiger partial charge in [-0.25, -0.2) is 9.97 Å². The van der Waals surface area contributed by atoms with Crippen LogP contribution in [0, 0.1) is 13.8 Å². The second kappa shape index (κ2) is 5.82. The van der Waals surface area contributed by atoms with Gasteiger partial charge in [0.1, 0.15) is 5.75 Å². The summed E-state index contributed by atoms with van der Waals surface area (Å²) < 4.78 is 0. The van der Waals surface area contributed by atoms with E-state index >= 15 is 0 Å². The van der Waals surface area contributed by atoms with Crippen LogP contribution in [0.3, 0.4) is 0 Å². The molecule has 0 saturated heterocycles. The Balaban J connectivity index is 1.79. The van der Waals surface area contributed by atoms with E-state index in [0.29, 0.717) is 0 Å². The molecule has 0 bridgehead atoms. The number of rotatable bonds is 5. The van der Waals surface area contributed by atoms with Crippen molar-refractivity contribution in [2.24, 2.45) is 0 Å². The minimum Gasteiger partial charge on any atom is -0.508 e. The lowest BCUT2D eigenvalue weighted by Gasteiger charge is -2.11. The van der Waals surface area contributed by atoms with Gasteiger partial charge < -0.3 is 10.4 Å². The monoisotopic (exact) mass is 283 g/mol. The summed E-state index contributed by atoms with van der Waals surface area (Å²) >= 11 is 0. The molecule has 2 aromatic rings. The van der Waals surface area contributed by atoms with Gasteiger partial charge in [-0.2, -0.15) is 0 Å². The van der Waals surface area contributed by atoms with Crippen molar-refractivity contribution < 1.29 is 5.11 Å². The lowest BCUT2D eigenvalue weighted by molar-refractivity contribution is 0.475. The van der Waals surface area contributed by atoms with Crippen molar-refractivity contribution in [2.45, 2.75) is 39.2 Å². The van der Waals surface area contributed by atoms with Crippen LogP contribution in [-0.4, -0.2) is 27.7 Å². The van der Waals surface area contributed by atoms with Gasteiger partial charge in [0.2, 0.25) is 0 Å². The average Bonchev–Trinajstić information content (AvgIpc) is 3.26. The van der Waals surface area contributed by atoms with Crippen LogP contribution in [-0.2, 0) is 6.42 Å². The van der Waals surface area contributed by atoms with Crippen molar-refractivity contribution in [1.29, 1.82) is 0 Å². The van der Waals surface area contributed by atoms with Gasteiger partial charge in [-0.3, -0.25) is 0 Å². The van der Waals surface area contributed by atoms with E-state index in [1.54, 1.807) is 12.1 Å². The molecular formula is C17H21N3O. The van der Waals surface area contributed by atoms with E-state index in [4.69, 9.17) is 0 Å². The van der Waals surface area contributed by atoms with Crippen molar-refractivity contribution in [3.05, 3.63) is 41.2 Å². The summed E-state index contributed by atoms with van der Waals surface area (Å²) in [5.74, 6) is 0.985. The lowest BCUT2D eigenvalue weighted by atomic mass is 10.1. The highest BCUT2D eigenvalue weighted by molar-refractivity contribution is 5.57. The van der Waals surface area contributed by atoms with Crippen molar-refractivity contribution in [3.8, 4) is 17.1 Å². The van der Waals surface area contributed by atoms with E-state index in [-0.39, 0.29) is 5.75 Å². The first-order valence-corrected chi connectivity index (χ1v) is 7.50. The fourth-order valence-electron chi connectivity index (χ4n) is 2.53. The zero-order valence-electron chi connectivity index (χ0n) is 12.6. The maximum atomic E-state index is 9.36. The molecule has 4 nitrogen and oxygen atoms in total. The first kappa shape index (κ1) is 14.0. The third-order valence-electron chi connectivity index (χ3n) is 3.93. The first-order valence-electron chi connectivity index (χ1n) is 7.50. The second-order valence-corrected chi connectivity index (χ2v) is 5.72. The summed E-state index contributed by atoms with van der Waals surface area (Å²) in [5.41, 5.74) is 4.26. The van der Waals surface area contributed by atoms with E-state index in [0.717, 1.165) is 41.8 Å². The van der Waals surface area contributed by atoms with Crippen LogP contribution in [0.15, 0.2) is 24.3 Å². The molecule has 2 N–H and O–H groups in total. The molecular weight excluding hydrogens is 262 g/mol. The average molecular weight is 283 g/mol. The largest absolute Gasteiger partial charge is 0.508 e. The highest BCUT2D eigenvalue weighted by Crippen LogP contribution is 2.22. The second-order valence-electron chi connectivity index (χ2n) is 5.72. The van der Waals surface area contributed by atoms with Crippen LogP contribution in [0.1, 0.15) is 29.8 Å². The Hall–Kier alpha value is -1.94. The molecule has 21 heavy (non-hydrogen) atoms. The van der Waals surface area contributed by atoms with Crippen molar-refractivity contribution >= 4 is 0 Å². The highest BCUT2D eigenvalue weighted by atomic mass is 16.3. The summed E-state index contributed by atoms with van der Waals surface area (Å²) in [6.07, 6.45) is 3.60. The molecule has 1 aliphatic rings. The number of phenolic OH excluding ortho intramolecular Hbond substituents is 1. The van der Waals surface area contributed by atoms with Crippen LogP contribution in [0.2, 0.25) is 0 Å². The third kappa shape index (κ3) is 3.39. The summed E-state index contributed by atoms with van der Waals surface area (Å²) in [4.78, 5) is 9.25. The zero-order chi connectivity index (χ0) is 14.8. The molecule has 0 amide bonds. The van der Waals surface area contributed by atoms with E-state index < -0.39 is 0 Å². The molecule has 0 atom stereocenters. The maximum Gasteiger partial charge on any atom is 0.159 e. The fraction of sp³-hybridized carbons (Fsp3) is 0.412. The van der Waals surface area contributed by atoms with Gasteiger partial charge in [0.05, 0.1) is 0 Å². The predicted molar refractivity (Wildman–Crippen MR) is 83.3 cm³/mol. The Morgan fingerprint density at radius 1 is 1.10 bits per heavy atom. The Bertz CT molecular complexity index is 610. The molecule has 1 aromatic heterocycles. The molecule has 0 aliphatic heterocycles. The van der Waals surface area contributed by atoms with Crippen molar-refractivity contribution in [1.82, 2.24) is 15.3 Å². The molecule has 1 saturated carbocycles. The first-order chi connectivity index (χ1) is 10.1. The van der Waals surface area contributed by atoms with Gasteiger partial charge in [0.15, 0.2) is 5.82 Å². The van der Waals surface area contributed by atoms with Crippen LogP contribution in [0.5, 0.6) is 5.75 Å². The van der Waals surface area contributed by atoms with E-state index in [9.17, 15) is 5.11 Å². The highest BCUT2D eigenvalue weighted by Gasteiger charge is 2.20. The molecule has 1 aromatic carbocycles. The van der Waals surface area contributed by atoms with Crippen LogP contribution >= 0.6 is 0 Å². The third-order valence-corrected chi connectivity index (χ3v) is 3.93. The van der Waals surface area contributed by atoms with Gasteiger partial charge in [-0.1, -0.05) is 0 Å². The number of hydrogen-bond donors (Lipinski definition) is 2. The lowest BCUT2D eigenvalue weighted by Crippen LogP contribution is -2.20. The fourth-order valence-corrected chi connectivity index (χ4v) is 2.53.